The van der Waals surface area contributed by atoms with Crippen molar-refractivity contribution in [2.24, 2.45) is 0 Å². The fraction of sp³-hybridized carbons (Fsp3) is 0.462. The lowest BCUT2D eigenvalue weighted by Crippen LogP contribution is -2.29. The summed E-state index contributed by atoms with van der Waals surface area (Å²) >= 11 is 0. The van der Waals surface area contributed by atoms with Crippen LogP contribution in [-0.4, -0.2) is 36.9 Å². The van der Waals surface area contributed by atoms with E-state index >= 15 is 0 Å². The Labute approximate surface area is 105 Å². The molecule has 1 fully saturated rings. The van der Waals surface area contributed by atoms with E-state index in [1.54, 1.807) is 0 Å². The number of fused-ring (bicyclic) bond motifs is 1. The number of carboxylic acid groups (broad SMARTS) is 1. The van der Waals surface area contributed by atoms with E-state index in [9.17, 15) is 4.79 Å². The van der Waals surface area contributed by atoms with Gasteiger partial charge >= 0.3 is 5.97 Å². The highest BCUT2D eigenvalue weighted by atomic mass is 16.6. The summed E-state index contributed by atoms with van der Waals surface area (Å²) in [5.41, 5.74) is 1.11. The topological polar surface area (TPSA) is 67.8 Å². The smallest absolute Gasteiger partial charge is 0.320 e. The molecule has 5 heteroatoms. The van der Waals surface area contributed by atoms with Crippen LogP contribution in [0.2, 0.25) is 0 Å². The van der Waals surface area contributed by atoms with E-state index in [-0.39, 0.29) is 5.92 Å². The van der Waals surface area contributed by atoms with E-state index in [0.29, 0.717) is 26.2 Å². The maximum absolute atomic E-state index is 10.9. The Morgan fingerprint density at radius 1 is 1.28 bits per heavy atom. The fourth-order valence-electron chi connectivity index (χ4n) is 2.49. The maximum Gasteiger partial charge on any atom is 0.320 e. The van der Waals surface area contributed by atoms with Crippen molar-refractivity contribution >= 4 is 5.97 Å². The lowest BCUT2D eigenvalue weighted by molar-refractivity contribution is -0.139. The summed E-state index contributed by atoms with van der Waals surface area (Å²) < 4.78 is 11.0. The molecule has 0 radical (unpaired) electrons. The van der Waals surface area contributed by atoms with Gasteiger partial charge in [-0.15, -0.1) is 0 Å². The van der Waals surface area contributed by atoms with Gasteiger partial charge in [0, 0.05) is 6.54 Å². The number of rotatable bonds is 2. The molecule has 1 saturated heterocycles. The van der Waals surface area contributed by atoms with Gasteiger partial charge in [0.2, 0.25) is 0 Å². The number of hydrogen-bond donors (Lipinski definition) is 2. The molecule has 0 saturated carbocycles. The van der Waals surface area contributed by atoms with Crippen molar-refractivity contribution < 1.29 is 19.4 Å². The van der Waals surface area contributed by atoms with E-state index < -0.39 is 12.0 Å². The molecule has 0 spiro atoms. The van der Waals surface area contributed by atoms with E-state index in [1.165, 1.54) is 0 Å². The maximum atomic E-state index is 10.9. The molecule has 2 aliphatic heterocycles. The highest BCUT2D eigenvalue weighted by Gasteiger charge is 2.30. The van der Waals surface area contributed by atoms with E-state index in [0.717, 1.165) is 17.1 Å². The number of aliphatic carboxylic acids is 1. The summed E-state index contributed by atoms with van der Waals surface area (Å²) in [7, 11) is 0. The van der Waals surface area contributed by atoms with Crippen LogP contribution in [0.1, 0.15) is 17.9 Å². The fourth-order valence-corrected chi connectivity index (χ4v) is 2.49. The van der Waals surface area contributed by atoms with Crippen LogP contribution in [0, 0.1) is 0 Å². The van der Waals surface area contributed by atoms with Gasteiger partial charge in [0.1, 0.15) is 19.3 Å². The zero-order valence-electron chi connectivity index (χ0n) is 9.89. The Hall–Kier alpha value is -1.75. The first-order chi connectivity index (χ1) is 8.74. The summed E-state index contributed by atoms with van der Waals surface area (Å²) in [4.78, 5) is 10.9. The predicted molar refractivity (Wildman–Crippen MR) is 64.2 cm³/mol. The van der Waals surface area contributed by atoms with E-state index in [2.05, 4.69) is 5.32 Å². The summed E-state index contributed by atoms with van der Waals surface area (Å²) in [5.74, 6) is 0.972. The van der Waals surface area contributed by atoms with Crippen molar-refractivity contribution in [1.82, 2.24) is 5.32 Å². The zero-order chi connectivity index (χ0) is 12.5. The molecule has 0 aromatic heterocycles. The monoisotopic (exact) mass is 249 g/mol. The van der Waals surface area contributed by atoms with Crippen LogP contribution in [0.25, 0.3) is 0 Å². The minimum atomic E-state index is -0.782. The molecule has 2 atom stereocenters. The molecule has 2 aliphatic rings. The second-order valence-corrected chi connectivity index (χ2v) is 4.63. The molecule has 0 aliphatic carbocycles. The van der Waals surface area contributed by atoms with E-state index in [4.69, 9.17) is 14.6 Å². The van der Waals surface area contributed by atoms with Crippen molar-refractivity contribution in [3.63, 3.8) is 0 Å². The second kappa shape index (κ2) is 4.49. The zero-order valence-corrected chi connectivity index (χ0v) is 9.89. The minimum absolute atomic E-state index is 0.224. The molecule has 1 aromatic carbocycles. The van der Waals surface area contributed by atoms with Gasteiger partial charge in [-0.25, -0.2) is 0 Å². The molecular formula is C13H15NO4. The number of benzene rings is 1. The van der Waals surface area contributed by atoms with Crippen molar-refractivity contribution in [3.05, 3.63) is 23.8 Å². The SMILES string of the molecule is O=C(O)C1CC(c2ccc3c(c2)OCCO3)CN1. The van der Waals surface area contributed by atoms with Gasteiger partial charge in [-0.2, -0.15) is 0 Å². The Bertz CT molecular complexity index is 474. The standard InChI is InChI=1S/C13H15NO4/c15-13(16)10-5-9(7-14-10)8-1-2-11-12(6-8)18-4-3-17-11/h1-2,6,9-10,14H,3-5,7H2,(H,15,16). The number of nitrogens with one attached hydrogen (secondary N) is 1. The number of ether oxygens (including phenoxy) is 2. The highest BCUT2D eigenvalue weighted by Crippen LogP contribution is 2.35. The van der Waals surface area contributed by atoms with Crippen LogP contribution >= 0.6 is 0 Å². The third kappa shape index (κ3) is 2.01. The molecule has 0 bridgehead atoms. The second-order valence-electron chi connectivity index (χ2n) is 4.63. The predicted octanol–water partition coefficient (Wildman–Crippen LogP) is 0.988. The van der Waals surface area contributed by atoms with Crippen LogP contribution in [0.5, 0.6) is 11.5 Å². The minimum Gasteiger partial charge on any atom is -0.486 e. The van der Waals surface area contributed by atoms with Gasteiger partial charge in [0.25, 0.3) is 0 Å². The summed E-state index contributed by atoms with van der Waals surface area (Å²) in [6.07, 6.45) is 0.620. The largest absolute Gasteiger partial charge is 0.486 e. The lowest BCUT2D eigenvalue weighted by Gasteiger charge is -2.20. The normalized spacial score (nSPS) is 26.0. The van der Waals surface area contributed by atoms with Crippen molar-refractivity contribution in [1.29, 1.82) is 0 Å². The summed E-state index contributed by atoms with van der Waals surface area (Å²) in [5, 5.41) is 12.0. The van der Waals surface area contributed by atoms with Gasteiger partial charge in [-0.3, -0.25) is 4.79 Å². The van der Waals surface area contributed by atoms with E-state index in [1.807, 2.05) is 18.2 Å². The van der Waals surface area contributed by atoms with Crippen molar-refractivity contribution in [2.75, 3.05) is 19.8 Å². The quantitative estimate of drug-likeness (QED) is 0.818. The first-order valence-electron chi connectivity index (χ1n) is 6.10. The van der Waals surface area contributed by atoms with Gasteiger partial charge in [0.05, 0.1) is 0 Å². The molecule has 2 unspecified atom stereocenters. The first-order valence-corrected chi connectivity index (χ1v) is 6.10. The van der Waals surface area contributed by atoms with Crippen LogP contribution in [0.15, 0.2) is 18.2 Å². The molecule has 2 heterocycles. The molecular weight excluding hydrogens is 234 g/mol. The average Bonchev–Trinajstić information content (AvgIpc) is 2.88. The Morgan fingerprint density at radius 2 is 2.06 bits per heavy atom. The molecule has 3 rings (SSSR count). The average molecular weight is 249 g/mol. The number of hydrogen-bond acceptors (Lipinski definition) is 4. The molecule has 2 N–H and O–H groups in total. The highest BCUT2D eigenvalue weighted by molar-refractivity contribution is 5.74. The van der Waals surface area contributed by atoms with Gasteiger partial charge in [0.15, 0.2) is 11.5 Å². The molecule has 18 heavy (non-hydrogen) atoms. The van der Waals surface area contributed by atoms with Gasteiger partial charge in [-0.05, 0) is 30.0 Å². The Kier molecular flexibility index (Phi) is 2.83. The Balaban J connectivity index is 1.79. The Morgan fingerprint density at radius 3 is 2.78 bits per heavy atom. The van der Waals surface area contributed by atoms with Crippen molar-refractivity contribution in [3.8, 4) is 11.5 Å². The summed E-state index contributed by atoms with van der Waals surface area (Å²) in [6, 6.07) is 5.41. The van der Waals surface area contributed by atoms with Crippen LogP contribution in [0.3, 0.4) is 0 Å². The number of carboxylic acids is 1. The van der Waals surface area contributed by atoms with Crippen LogP contribution in [-0.2, 0) is 4.79 Å². The molecule has 5 nitrogen and oxygen atoms in total. The van der Waals surface area contributed by atoms with Gasteiger partial charge < -0.3 is 19.9 Å². The van der Waals surface area contributed by atoms with Crippen molar-refractivity contribution in [2.45, 2.75) is 18.4 Å². The molecule has 1 aromatic rings. The van der Waals surface area contributed by atoms with Crippen LogP contribution in [0.4, 0.5) is 0 Å². The van der Waals surface area contributed by atoms with Gasteiger partial charge in [-0.1, -0.05) is 6.07 Å². The summed E-state index contributed by atoms with van der Waals surface area (Å²) in [6.45, 7) is 1.84. The first kappa shape index (κ1) is 11.3. The van der Waals surface area contributed by atoms with Crippen LogP contribution < -0.4 is 14.8 Å². The third-order valence-electron chi connectivity index (χ3n) is 3.47. The third-order valence-corrected chi connectivity index (χ3v) is 3.47. The number of carbonyl (C=O) groups is 1. The lowest BCUT2D eigenvalue weighted by atomic mass is 9.96. The molecule has 0 amide bonds. The molecule has 96 valence electrons.